The number of hydrogen-bond acceptors (Lipinski definition) is 7. The molecule has 0 saturated carbocycles. The van der Waals surface area contributed by atoms with Gasteiger partial charge in [-0.05, 0) is 48.2 Å². The Hall–Kier alpha value is -2.16. The minimum atomic E-state index is -1.47. The minimum absolute atomic E-state index is 0.246. The molecule has 0 amide bonds. The SMILES string of the molecule is OC[C@H]1O[C@@H](Oc2ccc(CCc3cccc(O)c3)cc2)[C@H](O)[C@@H](O)[C@@H]1O. The number of ether oxygens (including phenoxy) is 2. The standard InChI is InChI=1S/C20H24O7/c21-11-16-17(23)18(24)19(25)20(27-16)26-15-8-6-12(7-9-15)4-5-13-2-1-3-14(22)10-13/h1-3,6-10,16-25H,4-5,11H2/t16-,17-,18+,19-,20-/m1/s1. The molecule has 0 aliphatic carbocycles. The largest absolute Gasteiger partial charge is 0.508 e. The summed E-state index contributed by atoms with van der Waals surface area (Å²) in [7, 11) is 0. The molecular formula is C20H24O7. The fourth-order valence-corrected chi connectivity index (χ4v) is 3.03. The molecule has 146 valence electrons. The van der Waals surface area contributed by atoms with E-state index in [1.165, 1.54) is 0 Å². The van der Waals surface area contributed by atoms with Gasteiger partial charge in [0.15, 0.2) is 0 Å². The quantitative estimate of drug-likeness (QED) is 0.494. The molecule has 0 bridgehead atoms. The van der Waals surface area contributed by atoms with Crippen LogP contribution in [-0.2, 0) is 17.6 Å². The maximum atomic E-state index is 10.0. The molecule has 3 rings (SSSR count). The average Bonchev–Trinajstić information content (AvgIpc) is 2.68. The molecule has 5 N–H and O–H groups in total. The molecule has 0 spiro atoms. The second-order valence-electron chi connectivity index (χ2n) is 6.63. The van der Waals surface area contributed by atoms with Crippen molar-refractivity contribution >= 4 is 0 Å². The first-order chi connectivity index (χ1) is 13.0. The first kappa shape index (κ1) is 19.6. The number of benzene rings is 2. The summed E-state index contributed by atoms with van der Waals surface area (Å²) in [4.78, 5) is 0. The van der Waals surface area contributed by atoms with E-state index in [4.69, 9.17) is 9.47 Å². The van der Waals surface area contributed by atoms with Crippen molar-refractivity contribution in [1.82, 2.24) is 0 Å². The van der Waals surface area contributed by atoms with Gasteiger partial charge in [-0.25, -0.2) is 0 Å². The molecule has 2 aromatic carbocycles. The van der Waals surface area contributed by atoms with Gasteiger partial charge in [0.25, 0.3) is 0 Å². The van der Waals surface area contributed by atoms with Crippen LogP contribution in [0.3, 0.4) is 0 Å². The summed E-state index contributed by atoms with van der Waals surface area (Å²) in [5.41, 5.74) is 2.11. The van der Waals surface area contributed by atoms with Crippen LogP contribution in [0.2, 0.25) is 0 Å². The molecule has 7 nitrogen and oxygen atoms in total. The summed E-state index contributed by atoms with van der Waals surface area (Å²) < 4.78 is 10.9. The van der Waals surface area contributed by atoms with Crippen molar-refractivity contribution in [3.8, 4) is 11.5 Å². The van der Waals surface area contributed by atoms with Crippen molar-refractivity contribution in [1.29, 1.82) is 0 Å². The average molecular weight is 376 g/mol. The highest BCUT2D eigenvalue weighted by Crippen LogP contribution is 2.24. The van der Waals surface area contributed by atoms with Gasteiger partial charge in [0.2, 0.25) is 6.29 Å². The molecule has 27 heavy (non-hydrogen) atoms. The first-order valence-corrected chi connectivity index (χ1v) is 8.82. The van der Waals surface area contributed by atoms with Gasteiger partial charge in [-0.3, -0.25) is 0 Å². The maximum Gasteiger partial charge on any atom is 0.229 e. The number of phenolic OH excluding ortho intramolecular Hbond substituents is 1. The highest BCUT2D eigenvalue weighted by Gasteiger charge is 2.44. The molecule has 1 fully saturated rings. The van der Waals surface area contributed by atoms with Crippen molar-refractivity contribution in [2.45, 2.75) is 43.5 Å². The molecule has 1 aliphatic rings. The second kappa shape index (κ2) is 8.69. The lowest BCUT2D eigenvalue weighted by molar-refractivity contribution is -0.277. The zero-order chi connectivity index (χ0) is 19.4. The van der Waals surface area contributed by atoms with E-state index in [0.717, 1.165) is 24.0 Å². The Morgan fingerprint density at radius 3 is 2.22 bits per heavy atom. The summed E-state index contributed by atoms with van der Waals surface area (Å²) in [6.45, 7) is -0.501. The molecule has 1 aliphatic heterocycles. The smallest absolute Gasteiger partial charge is 0.229 e. The summed E-state index contributed by atoms with van der Waals surface area (Å²) in [5.74, 6) is 0.677. The number of aliphatic hydroxyl groups is 4. The van der Waals surface area contributed by atoms with E-state index >= 15 is 0 Å². The van der Waals surface area contributed by atoms with Gasteiger partial charge in [0, 0.05) is 0 Å². The Morgan fingerprint density at radius 1 is 0.852 bits per heavy atom. The molecule has 0 radical (unpaired) electrons. The second-order valence-corrected chi connectivity index (χ2v) is 6.63. The van der Waals surface area contributed by atoms with E-state index in [1.54, 1.807) is 24.3 Å². The highest BCUT2D eigenvalue weighted by atomic mass is 16.7. The van der Waals surface area contributed by atoms with Gasteiger partial charge in [-0.2, -0.15) is 0 Å². The molecule has 1 heterocycles. The first-order valence-electron chi connectivity index (χ1n) is 8.82. The normalized spacial score (nSPS) is 28.1. The molecular weight excluding hydrogens is 352 g/mol. The van der Waals surface area contributed by atoms with Gasteiger partial charge in [0.1, 0.15) is 35.9 Å². The topological polar surface area (TPSA) is 120 Å². The third-order valence-corrected chi connectivity index (χ3v) is 4.64. The van der Waals surface area contributed by atoms with E-state index in [-0.39, 0.29) is 5.75 Å². The predicted octanol–water partition coefficient (Wildman–Crippen LogP) is 0.356. The highest BCUT2D eigenvalue weighted by molar-refractivity contribution is 5.30. The molecule has 5 atom stereocenters. The molecule has 2 aromatic rings. The van der Waals surface area contributed by atoms with Crippen LogP contribution in [0.1, 0.15) is 11.1 Å². The Kier molecular flexibility index (Phi) is 6.30. The third kappa shape index (κ3) is 4.77. The van der Waals surface area contributed by atoms with Crippen molar-refractivity contribution in [3.05, 3.63) is 59.7 Å². The monoisotopic (exact) mass is 376 g/mol. The number of aryl methyl sites for hydroxylation is 2. The third-order valence-electron chi connectivity index (χ3n) is 4.64. The fourth-order valence-electron chi connectivity index (χ4n) is 3.03. The summed E-state index contributed by atoms with van der Waals surface area (Å²) in [5, 5.41) is 48.3. The Morgan fingerprint density at radius 2 is 1.56 bits per heavy atom. The number of aliphatic hydroxyl groups excluding tert-OH is 4. The molecule has 0 aromatic heterocycles. The van der Waals surface area contributed by atoms with E-state index in [0.29, 0.717) is 5.75 Å². The van der Waals surface area contributed by atoms with Crippen LogP contribution < -0.4 is 4.74 Å². The number of phenols is 1. The zero-order valence-electron chi connectivity index (χ0n) is 14.7. The molecule has 1 saturated heterocycles. The minimum Gasteiger partial charge on any atom is -0.508 e. The maximum absolute atomic E-state index is 10.0. The van der Waals surface area contributed by atoms with Crippen LogP contribution in [0.5, 0.6) is 11.5 Å². The van der Waals surface area contributed by atoms with E-state index in [9.17, 15) is 25.5 Å². The van der Waals surface area contributed by atoms with Crippen LogP contribution in [0.4, 0.5) is 0 Å². The van der Waals surface area contributed by atoms with Crippen LogP contribution in [-0.4, -0.2) is 62.8 Å². The van der Waals surface area contributed by atoms with E-state index in [2.05, 4.69) is 0 Å². The summed E-state index contributed by atoms with van der Waals surface area (Å²) in [6.07, 6.45) is -4.96. The van der Waals surface area contributed by atoms with E-state index < -0.39 is 37.3 Å². The Bertz CT molecular complexity index is 731. The van der Waals surface area contributed by atoms with Gasteiger partial charge in [0.05, 0.1) is 6.61 Å². The number of rotatable bonds is 6. The van der Waals surface area contributed by atoms with E-state index in [1.807, 2.05) is 24.3 Å². The Labute approximate surface area is 157 Å². The summed E-state index contributed by atoms with van der Waals surface area (Å²) >= 11 is 0. The van der Waals surface area contributed by atoms with Crippen LogP contribution in [0.15, 0.2) is 48.5 Å². The van der Waals surface area contributed by atoms with Crippen molar-refractivity contribution < 1.29 is 35.0 Å². The van der Waals surface area contributed by atoms with Gasteiger partial charge < -0.3 is 35.0 Å². The number of aromatic hydroxyl groups is 1. The fraction of sp³-hybridized carbons (Fsp3) is 0.400. The van der Waals surface area contributed by atoms with Gasteiger partial charge in [-0.15, -0.1) is 0 Å². The van der Waals surface area contributed by atoms with Crippen molar-refractivity contribution in [2.24, 2.45) is 0 Å². The van der Waals surface area contributed by atoms with Crippen LogP contribution in [0, 0.1) is 0 Å². The van der Waals surface area contributed by atoms with Crippen molar-refractivity contribution in [2.75, 3.05) is 6.61 Å². The van der Waals surface area contributed by atoms with Crippen LogP contribution >= 0.6 is 0 Å². The molecule has 7 heteroatoms. The van der Waals surface area contributed by atoms with Gasteiger partial charge in [-0.1, -0.05) is 24.3 Å². The lowest BCUT2D eigenvalue weighted by Gasteiger charge is -2.39. The van der Waals surface area contributed by atoms with Gasteiger partial charge >= 0.3 is 0 Å². The zero-order valence-corrected chi connectivity index (χ0v) is 14.7. The van der Waals surface area contributed by atoms with Crippen LogP contribution in [0.25, 0.3) is 0 Å². The Balaban J connectivity index is 1.58. The lowest BCUT2D eigenvalue weighted by atomic mass is 9.99. The lowest BCUT2D eigenvalue weighted by Crippen LogP contribution is -2.60. The molecule has 0 unspecified atom stereocenters. The van der Waals surface area contributed by atoms with Crippen molar-refractivity contribution in [3.63, 3.8) is 0 Å². The summed E-state index contributed by atoms with van der Waals surface area (Å²) in [6, 6.07) is 14.3. The predicted molar refractivity (Wildman–Crippen MR) is 96.4 cm³/mol. The number of hydrogen-bond donors (Lipinski definition) is 5.